The number of hydrazine groups is 1. The van der Waals surface area contributed by atoms with E-state index in [1.54, 1.807) is 6.92 Å². The number of nitrogens with one attached hydrogen (secondary N) is 2. The number of carbonyl (C=O) groups is 2. The Bertz CT molecular complexity index is 792. The number of anilines is 2. The molecule has 1 aliphatic heterocycles. The van der Waals surface area contributed by atoms with Crippen molar-refractivity contribution in [2.45, 2.75) is 64.3 Å². The fraction of sp³-hybridized carbons (Fsp3) is 0.714. The molecular formula is C21H33FN6O4. The largest absolute Gasteiger partial charge is 0.396 e. The lowest BCUT2D eigenvalue weighted by Gasteiger charge is -2.26. The molecule has 0 spiro atoms. The quantitative estimate of drug-likeness (QED) is 0.227. The van der Waals surface area contributed by atoms with Gasteiger partial charge in [0.15, 0.2) is 11.6 Å². The van der Waals surface area contributed by atoms with Gasteiger partial charge in [0.1, 0.15) is 5.82 Å². The number of aliphatic hydroxyl groups is 1. The summed E-state index contributed by atoms with van der Waals surface area (Å²) >= 11 is 0. The number of aryl methyl sites for hydroxylation is 1. The van der Waals surface area contributed by atoms with E-state index in [4.69, 9.17) is 0 Å². The molecule has 1 saturated heterocycles. The lowest BCUT2D eigenvalue weighted by atomic mass is 9.92. The summed E-state index contributed by atoms with van der Waals surface area (Å²) in [5, 5.41) is 19.4. The second kappa shape index (κ2) is 11.4. The molecule has 3 rings (SSSR count). The molecule has 4 N–H and O–H groups in total. The summed E-state index contributed by atoms with van der Waals surface area (Å²) in [6, 6.07) is 0.000844. The molecule has 10 nitrogen and oxygen atoms in total. The highest BCUT2D eigenvalue weighted by Gasteiger charge is 2.30. The first-order valence-electron chi connectivity index (χ1n) is 11.3. The first-order chi connectivity index (χ1) is 15.4. The maximum atomic E-state index is 15.2. The van der Waals surface area contributed by atoms with Crippen LogP contribution in [0.2, 0.25) is 0 Å². The Hall–Kier alpha value is -2.53. The molecule has 178 valence electrons. The highest BCUT2D eigenvalue weighted by atomic mass is 19.1. The molecule has 2 aliphatic rings. The summed E-state index contributed by atoms with van der Waals surface area (Å²) in [5.41, 5.74) is 5.06. The molecule has 0 radical (unpaired) electrons. The van der Waals surface area contributed by atoms with Crippen LogP contribution in [0.5, 0.6) is 0 Å². The highest BCUT2D eigenvalue weighted by Crippen LogP contribution is 2.32. The minimum atomic E-state index is -0.676. The number of hydrogen-bond acceptors (Lipinski definition) is 8. The second-order valence-corrected chi connectivity index (χ2v) is 8.68. The monoisotopic (exact) mass is 452 g/mol. The van der Waals surface area contributed by atoms with Crippen LogP contribution in [0.1, 0.15) is 57.2 Å². The van der Waals surface area contributed by atoms with Crippen molar-refractivity contribution in [2.75, 3.05) is 30.0 Å². The number of amides is 2. The average molecular weight is 453 g/mol. The molecule has 1 unspecified atom stereocenters. The number of aromatic nitrogens is 2. The summed E-state index contributed by atoms with van der Waals surface area (Å²) in [6.07, 6.45) is 7.29. The van der Waals surface area contributed by atoms with Gasteiger partial charge in [0.2, 0.25) is 18.1 Å². The third kappa shape index (κ3) is 6.04. The fourth-order valence-corrected chi connectivity index (χ4v) is 4.79. The summed E-state index contributed by atoms with van der Waals surface area (Å²) in [7, 11) is 0. The van der Waals surface area contributed by atoms with Gasteiger partial charge in [-0.3, -0.25) is 25.6 Å². The number of hydrogen-bond donors (Lipinski definition) is 4. The zero-order chi connectivity index (χ0) is 23.1. The van der Waals surface area contributed by atoms with Gasteiger partial charge in [-0.05, 0) is 38.5 Å². The molecule has 1 aromatic heterocycles. The zero-order valence-electron chi connectivity index (χ0n) is 18.5. The molecular weight excluding hydrogens is 419 g/mol. The Balaban J connectivity index is 1.70. The van der Waals surface area contributed by atoms with Gasteiger partial charge in [-0.2, -0.15) is 4.39 Å². The molecule has 1 aliphatic carbocycles. The molecule has 1 saturated carbocycles. The van der Waals surface area contributed by atoms with Crippen LogP contribution in [-0.4, -0.2) is 63.4 Å². The zero-order valence-corrected chi connectivity index (χ0v) is 18.5. The summed E-state index contributed by atoms with van der Waals surface area (Å²) < 4.78 is 15.2. The summed E-state index contributed by atoms with van der Waals surface area (Å²) in [6.45, 7) is 2.15. The minimum Gasteiger partial charge on any atom is -0.396 e. The fourth-order valence-electron chi connectivity index (χ4n) is 4.79. The van der Waals surface area contributed by atoms with Gasteiger partial charge in [-0.25, -0.2) is 15.0 Å². The van der Waals surface area contributed by atoms with Crippen LogP contribution in [-0.2, 0) is 9.59 Å². The maximum Gasteiger partial charge on any atom is 0.243 e. The Kier molecular flexibility index (Phi) is 8.57. The number of hydroxylamine groups is 2. The Labute approximate surface area is 187 Å². The van der Waals surface area contributed by atoms with E-state index in [-0.39, 0.29) is 37.2 Å². The van der Waals surface area contributed by atoms with Gasteiger partial charge in [0.25, 0.3) is 0 Å². The molecule has 0 aromatic carbocycles. The maximum absolute atomic E-state index is 15.2. The Morgan fingerprint density at radius 1 is 1.31 bits per heavy atom. The molecule has 2 amide bonds. The standard InChI is InChI=1S/C21H33FN6O4/c1-14-23-19(18(22)20(24-14)28-9-4-7-17(28)8-10-29)25-26-21(31)16(12-27(32)13-30)11-15-5-2-3-6-15/h13,15-17,29,32H,2-12H2,1H3,(H,26,31)(H,23,24,25)/t16?,17-/m0/s1. The first-order valence-corrected chi connectivity index (χ1v) is 11.3. The van der Waals surface area contributed by atoms with Gasteiger partial charge in [-0.15, -0.1) is 0 Å². The van der Waals surface area contributed by atoms with Crippen LogP contribution in [0.3, 0.4) is 0 Å². The molecule has 0 bridgehead atoms. The van der Waals surface area contributed by atoms with Crippen molar-refractivity contribution in [1.82, 2.24) is 20.5 Å². The lowest BCUT2D eigenvalue weighted by Crippen LogP contribution is -2.41. The topological polar surface area (TPSA) is 131 Å². The molecule has 11 heteroatoms. The van der Waals surface area contributed by atoms with Gasteiger partial charge in [0, 0.05) is 19.2 Å². The van der Waals surface area contributed by atoms with Crippen molar-refractivity contribution in [3.63, 3.8) is 0 Å². The van der Waals surface area contributed by atoms with Crippen molar-refractivity contribution >= 4 is 24.0 Å². The van der Waals surface area contributed by atoms with Gasteiger partial charge < -0.3 is 10.0 Å². The summed E-state index contributed by atoms with van der Waals surface area (Å²) in [5.74, 6) is -1.06. The first kappa shape index (κ1) is 24.1. The van der Waals surface area contributed by atoms with E-state index in [0.29, 0.717) is 36.2 Å². The van der Waals surface area contributed by atoms with Crippen LogP contribution in [0, 0.1) is 24.6 Å². The SMILES string of the molecule is Cc1nc(NNC(=O)C(CC2CCCC2)CN(O)C=O)c(F)c(N2CCC[C@H]2CCO)n1. The van der Waals surface area contributed by atoms with Gasteiger partial charge in [-0.1, -0.05) is 25.7 Å². The number of halogens is 1. The number of carbonyl (C=O) groups excluding carboxylic acids is 2. The predicted molar refractivity (Wildman–Crippen MR) is 115 cm³/mol. The van der Waals surface area contributed by atoms with Crippen molar-refractivity contribution in [3.8, 4) is 0 Å². The van der Waals surface area contributed by atoms with Crippen molar-refractivity contribution in [3.05, 3.63) is 11.6 Å². The van der Waals surface area contributed by atoms with Gasteiger partial charge >= 0.3 is 0 Å². The highest BCUT2D eigenvalue weighted by molar-refractivity contribution is 5.80. The van der Waals surface area contributed by atoms with Crippen LogP contribution in [0.25, 0.3) is 0 Å². The van der Waals surface area contributed by atoms with Crippen molar-refractivity contribution in [2.24, 2.45) is 11.8 Å². The number of rotatable bonds is 11. The van der Waals surface area contributed by atoms with Crippen LogP contribution in [0.4, 0.5) is 16.0 Å². The van der Waals surface area contributed by atoms with Crippen LogP contribution < -0.4 is 15.8 Å². The summed E-state index contributed by atoms with van der Waals surface area (Å²) in [4.78, 5) is 33.8. The van der Waals surface area contributed by atoms with Gasteiger partial charge in [0.05, 0.1) is 12.5 Å². The molecule has 32 heavy (non-hydrogen) atoms. The van der Waals surface area contributed by atoms with Crippen molar-refractivity contribution in [1.29, 1.82) is 0 Å². The Morgan fingerprint density at radius 2 is 2.06 bits per heavy atom. The van der Waals surface area contributed by atoms with E-state index in [1.807, 2.05) is 4.90 Å². The number of aliphatic hydroxyl groups excluding tert-OH is 1. The molecule has 2 atom stereocenters. The van der Waals surface area contributed by atoms with Crippen LogP contribution >= 0.6 is 0 Å². The van der Waals surface area contributed by atoms with Crippen LogP contribution in [0.15, 0.2) is 0 Å². The lowest BCUT2D eigenvalue weighted by molar-refractivity contribution is -0.154. The van der Waals surface area contributed by atoms with E-state index < -0.39 is 17.6 Å². The minimum absolute atomic E-state index is 0.000844. The van der Waals surface area contributed by atoms with E-state index in [0.717, 1.165) is 38.5 Å². The molecule has 2 fully saturated rings. The van der Waals surface area contributed by atoms with E-state index in [9.17, 15) is 19.9 Å². The van der Waals surface area contributed by atoms with E-state index in [1.165, 1.54) is 0 Å². The van der Waals surface area contributed by atoms with E-state index in [2.05, 4.69) is 20.8 Å². The third-order valence-corrected chi connectivity index (χ3v) is 6.35. The van der Waals surface area contributed by atoms with E-state index >= 15 is 4.39 Å². The smallest absolute Gasteiger partial charge is 0.243 e. The average Bonchev–Trinajstić information content (AvgIpc) is 3.45. The third-order valence-electron chi connectivity index (χ3n) is 6.35. The normalized spacial score (nSPS) is 19.8. The predicted octanol–water partition coefficient (Wildman–Crippen LogP) is 1.76. The molecule has 2 heterocycles. The number of nitrogens with zero attached hydrogens (tertiary/aromatic N) is 4. The van der Waals surface area contributed by atoms with Crippen molar-refractivity contribution < 1.29 is 24.3 Å². The Morgan fingerprint density at radius 3 is 2.75 bits per heavy atom. The second-order valence-electron chi connectivity index (χ2n) is 8.68. The molecule has 1 aromatic rings.